The van der Waals surface area contributed by atoms with Crippen LogP contribution in [0.2, 0.25) is 0 Å². The van der Waals surface area contributed by atoms with Crippen molar-refractivity contribution in [2.24, 2.45) is 11.3 Å². The molecule has 0 radical (unpaired) electrons. The number of likely N-dealkylation sites (tertiary alicyclic amines) is 2. The number of oxazole rings is 1. The number of nitrogens with zero attached hydrogens (tertiary/aromatic N) is 3. The molecule has 1 aromatic carbocycles. The third-order valence-corrected chi connectivity index (χ3v) is 7.59. The molecule has 3 aliphatic heterocycles. The van der Waals surface area contributed by atoms with Gasteiger partial charge in [0, 0.05) is 50.7 Å². The Kier molecular flexibility index (Phi) is 6.00. The summed E-state index contributed by atoms with van der Waals surface area (Å²) in [5.41, 5.74) is 0.937. The smallest absolute Gasteiger partial charge is 0.227 e. The SMILES string of the molecule is O=C(Cc1ccccc1)N1CC(c2ncco2)C2(CCN(C(=O)C3CCOCC3)CC2)C1. The molecule has 0 N–H and O–H groups in total. The minimum absolute atomic E-state index is 0.0672. The van der Waals surface area contributed by atoms with Crippen LogP contribution in [0, 0.1) is 11.3 Å². The maximum atomic E-state index is 13.1. The lowest BCUT2D eigenvalue weighted by Crippen LogP contribution is -2.48. The van der Waals surface area contributed by atoms with Gasteiger partial charge in [-0.1, -0.05) is 30.3 Å². The number of carbonyl (C=O) groups excluding carboxylic acids is 2. The largest absolute Gasteiger partial charge is 0.449 e. The lowest BCUT2D eigenvalue weighted by Gasteiger charge is -2.42. The Labute approximate surface area is 188 Å². The molecule has 1 spiro atoms. The first-order valence-electron chi connectivity index (χ1n) is 11.7. The third-order valence-electron chi connectivity index (χ3n) is 7.59. The van der Waals surface area contributed by atoms with E-state index in [0.717, 1.165) is 44.3 Å². The number of hydrogen-bond acceptors (Lipinski definition) is 5. The number of amides is 2. The standard InChI is InChI=1S/C25H31N3O4/c29-22(16-19-4-2-1-3-5-19)28-17-21(23-26-10-15-32-23)25(18-28)8-11-27(12-9-25)24(30)20-6-13-31-14-7-20/h1-5,10,15,20-21H,6-9,11-14,16-18H2. The molecule has 7 heteroatoms. The van der Waals surface area contributed by atoms with E-state index in [-0.39, 0.29) is 29.1 Å². The third kappa shape index (κ3) is 4.18. The molecule has 170 valence electrons. The van der Waals surface area contributed by atoms with E-state index < -0.39 is 0 Å². The molecule has 5 rings (SSSR count). The highest BCUT2D eigenvalue weighted by atomic mass is 16.5. The zero-order chi connectivity index (χ0) is 22.0. The van der Waals surface area contributed by atoms with Gasteiger partial charge in [-0.2, -0.15) is 0 Å². The first kappa shape index (κ1) is 21.2. The van der Waals surface area contributed by atoms with Crippen LogP contribution in [0.3, 0.4) is 0 Å². The van der Waals surface area contributed by atoms with Gasteiger partial charge in [0.2, 0.25) is 11.8 Å². The molecule has 3 saturated heterocycles. The molecule has 4 heterocycles. The highest BCUT2D eigenvalue weighted by Gasteiger charge is 2.52. The molecular weight excluding hydrogens is 406 g/mol. The zero-order valence-corrected chi connectivity index (χ0v) is 18.4. The van der Waals surface area contributed by atoms with E-state index >= 15 is 0 Å². The van der Waals surface area contributed by atoms with E-state index in [9.17, 15) is 9.59 Å². The van der Waals surface area contributed by atoms with Crippen molar-refractivity contribution in [2.45, 2.75) is 38.0 Å². The van der Waals surface area contributed by atoms with Crippen molar-refractivity contribution in [1.29, 1.82) is 0 Å². The minimum Gasteiger partial charge on any atom is -0.449 e. The first-order chi connectivity index (χ1) is 15.6. The second-order valence-electron chi connectivity index (χ2n) is 9.43. The Morgan fingerprint density at radius 1 is 1.06 bits per heavy atom. The second kappa shape index (κ2) is 9.06. The lowest BCUT2D eigenvalue weighted by atomic mass is 9.70. The molecular formula is C25H31N3O4. The van der Waals surface area contributed by atoms with Crippen LogP contribution < -0.4 is 0 Å². The fourth-order valence-electron chi connectivity index (χ4n) is 5.67. The molecule has 0 bridgehead atoms. The van der Waals surface area contributed by atoms with E-state index in [4.69, 9.17) is 9.15 Å². The fourth-order valence-corrected chi connectivity index (χ4v) is 5.67. The van der Waals surface area contributed by atoms with Crippen LogP contribution in [0.15, 0.2) is 47.2 Å². The van der Waals surface area contributed by atoms with E-state index in [1.165, 1.54) is 0 Å². The minimum atomic E-state index is -0.0936. The van der Waals surface area contributed by atoms with Gasteiger partial charge in [0.15, 0.2) is 5.89 Å². The Morgan fingerprint density at radius 3 is 2.50 bits per heavy atom. The molecule has 32 heavy (non-hydrogen) atoms. The number of rotatable bonds is 4. The molecule has 2 amide bonds. The predicted octanol–water partition coefficient (Wildman–Crippen LogP) is 2.88. The number of hydrogen-bond donors (Lipinski definition) is 0. The topological polar surface area (TPSA) is 75.9 Å². The van der Waals surface area contributed by atoms with Crippen molar-refractivity contribution in [3.05, 3.63) is 54.2 Å². The molecule has 0 aliphatic carbocycles. The Balaban J connectivity index is 1.29. The summed E-state index contributed by atoms with van der Waals surface area (Å²) in [4.78, 5) is 34.6. The van der Waals surface area contributed by atoms with Crippen LogP contribution in [0.4, 0.5) is 0 Å². The number of ether oxygens (including phenoxy) is 1. The highest BCUT2D eigenvalue weighted by molar-refractivity contribution is 5.80. The van der Waals surface area contributed by atoms with Crippen LogP contribution in [0.1, 0.15) is 43.1 Å². The molecule has 3 fully saturated rings. The van der Waals surface area contributed by atoms with E-state index in [0.29, 0.717) is 38.6 Å². The van der Waals surface area contributed by atoms with Crippen molar-refractivity contribution in [3.8, 4) is 0 Å². The van der Waals surface area contributed by atoms with Crippen molar-refractivity contribution in [1.82, 2.24) is 14.8 Å². The fraction of sp³-hybridized carbons (Fsp3) is 0.560. The van der Waals surface area contributed by atoms with Gasteiger partial charge in [-0.3, -0.25) is 9.59 Å². The summed E-state index contributed by atoms with van der Waals surface area (Å²) in [6.45, 7) is 4.14. The van der Waals surface area contributed by atoms with Crippen molar-refractivity contribution in [3.63, 3.8) is 0 Å². The van der Waals surface area contributed by atoms with Gasteiger partial charge in [0.1, 0.15) is 6.26 Å². The van der Waals surface area contributed by atoms with Gasteiger partial charge < -0.3 is 19.0 Å². The molecule has 1 atom stereocenters. The van der Waals surface area contributed by atoms with Crippen LogP contribution in [0.25, 0.3) is 0 Å². The van der Waals surface area contributed by atoms with Gasteiger partial charge in [-0.25, -0.2) is 4.98 Å². The van der Waals surface area contributed by atoms with E-state index in [1.54, 1.807) is 12.5 Å². The van der Waals surface area contributed by atoms with Crippen LogP contribution >= 0.6 is 0 Å². The monoisotopic (exact) mass is 437 g/mol. The molecule has 1 unspecified atom stereocenters. The lowest BCUT2D eigenvalue weighted by molar-refractivity contribution is -0.141. The maximum Gasteiger partial charge on any atom is 0.227 e. The quantitative estimate of drug-likeness (QED) is 0.735. The van der Waals surface area contributed by atoms with Crippen LogP contribution in [-0.2, 0) is 20.7 Å². The number of carbonyl (C=O) groups is 2. The molecule has 0 saturated carbocycles. The van der Waals surface area contributed by atoms with Gasteiger partial charge >= 0.3 is 0 Å². The van der Waals surface area contributed by atoms with Crippen molar-refractivity contribution < 1.29 is 18.7 Å². The average Bonchev–Trinajstić information content (AvgIpc) is 3.49. The Bertz CT molecular complexity index is 916. The predicted molar refractivity (Wildman–Crippen MR) is 118 cm³/mol. The summed E-state index contributed by atoms with van der Waals surface area (Å²) < 4.78 is 11.1. The number of benzene rings is 1. The molecule has 2 aromatic rings. The average molecular weight is 438 g/mol. The first-order valence-corrected chi connectivity index (χ1v) is 11.7. The maximum absolute atomic E-state index is 13.1. The van der Waals surface area contributed by atoms with Gasteiger partial charge in [-0.15, -0.1) is 0 Å². The summed E-state index contributed by atoms with van der Waals surface area (Å²) in [7, 11) is 0. The van der Waals surface area contributed by atoms with Crippen LogP contribution in [-0.4, -0.2) is 66.0 Å². The van der Waals surface area contributed by atoms with Gasteiger partial charge in [0.25, 0.3) is 0 Å². The zero-order valence-electron chi connectivity index (χ0n) is 18.4. The summed E-state index contributed by atoms with van der Waals surface area (Å²) in [6, 6.07) is 9.89. The summed E-state index contributed by atoms with van der Waals surface area (Å²) >= 11 is 0. The number of piperidine rings is 1. The normalized spacial score (nSPS) is 23.6. The molecule has 1 aromatic heterocycles. The molecule has 7 nitrogen and oxygen atoms in total. The van der Waals surface area contributed by atoms with Crippen molar-refractivity contribution >= 4 is 11.8 Å². The molecule has 3 aliphatic rings. The van der Waals surface area contributed by atoms with Crippen molar-refractivity contribution in [2.75, 3.05) is 39.4 Å². The number of aromatic nitrogens is 1. The summed E-state index contributed by atoms with van der Waals surface area (Å²) in [5.74, 6) is 1.28. The van der Waals surface area contributed by atoms with E-state index in [1.807, 2.05) is 40.1 Å². The van der Waals surface area contributed by atoms with Gasteiger partial charge in [-0.05, 0) is 31.2 Å². The van der Waals surface area contributed by atoms with Gasteiger partial charge in [0.05, 0.1) is 18.5 Å². The summed E-state index contributed by atoms with van der Waals surface area (Å²) in [5, 5.41) is 0. The Hall–Kier alpha value is -2.67. The Morgan fingerprint density at radius 2 is 1.81 bits per heavy atom. The van der Waals surface area contributed by atoms with Crippen LogP contribution in [0.5, 0.6) is 0 Å². The second-order valence-corrected chi connectivity index (χ2v) is 9.43. The highest BCUT2D eigenvalue weighted by Crippen LogP contribution is 2.49. The summed E-state index contributed by atoms with van der Waals surface area (Å²) in [6.07, 6.45) is 7.07. The van der Waals surface area contributed by atoms with E-state index in [2.05, 4.69) is 4.98 Å².